The number of hydrogen-bond acceptors (Lipinski definition) is 3. The maximum atomic E-state index is 12.3. The number of rotatable bonds is 2. The van der Waals surface area contributed by atoms with Crippen molar-refractivity contribution in [2.75, 3.05) is 18.4 Å². The molecule has 2 heterocycles. The van der Waals surface area contributed by atoms with Crippen LogP contribution in [0.3, 0.4) is 0 Å². The van der Waals surface area contributed by atoms with Crippen LogP contribution in [-0.2, 0) is 4.79 Å². The van der Waals surface area contributed by atoms with Crippen molar-refractivity contribution in [2.24, 2.45) is 5.92 Å². The fourth-order valence-corrected chi connectivity index (χ4v) is 3.02. The van der Waals surface area contributed by atoms with Crippen LogP contribution in [0.25, 0.3) is 10.9 Å². The zero-order valence-electron chi connectivity index (χ0n) is 11.6. The van der Waals surface area contributed by atoms with Gasteiger partial charge in [-0.1, -0.05) is 28.1 Å². The van der Waals surface area contributed by atoms with Crippen LogP contribution in [0.1, 0.15) is 6.42 Å². The van der Waals surface area contributed by atoms with Crippen LogP contribution in [-0.4, -0.2) is 40.1 Å². The van der Waals surface area contributed by atoms with E-state index in [4.69, 9.17) is 5.11 Å². The highest BCUT2D eigenvalue weighted by Gasteiger charge is 2.31. The van der Waals surface area contributed by atoms with Gasteiger partial charge in [0, 0.05) is 29.1 Å². The zero-order chi connectivity index (χ0) is 15.7. The number of fused-ring (bicyclic) bond motifs is 1. The van der Waals surface area contributed by atoms with E-state index >= 15 is 0 Å². The Morgan fingerprint density at radius 2 is 2.18 bits per heavy atom. The number of pyridine rings is 1. The normalized spacial score (nSPS) is 17.7. The van der Waals surface area contributed by atoms with Crippen molar-refractivity contribution in [3.8, 4) is 0 Å². The molecule has 0 bridgehead atoms. The largest absolute Gasteiger partial charge is 0.481 e. The number of aromatic nitrogens is 1. The molecule has 1 saturated heterocycles. The van der Waals surface area contributed by atoms with Gasteiger partial charge in [-0.3, -0.25) is 9.78 Å². The molecule has 2 aromatic rings. The number of urea groups is 1. The minimum Gasteiger partial charge on any atom is -0.481 e. The van der Waals surface area contributed by atoms with Crippen LogP contribution in [0.5, 0.6) is 0 Å². The maximum absolute atomic E-state index is 12.3. The first-order valence-electron chi connectivity index (χ1n) is 6.88. The van der Waals surface area contributed by atoms with Crippen LogP contribution in [0, 0.1) is 5.92 Å². The third kappa shape index (κ3) is 2.76. The second kappa shape index (κ2) is 5.92. The Kier molecular flexibility index (Phi) is 3.98. The summed E-state index contributed by atoms with van der Waals surface area (Å²) < 4.78 is 0.903. The molecule has 0 aliphatic carbocycles. The van der Waals surface area contributed by atoms with E-state index in [2.05, 4.69) is 26.2 Å². The molecule has 2 N–H and O–H groups in total. The van der Waals surface area contributed by atoms with E-state index in [9.17, 15) is 9.59 Å². The van der Waals surface area contributed by atoms with Gasteiger partial charge in [0.25, 0.3) is 0 Å². The molecule has 114 valence electrons. The summed E-state index contributed by atoms with van der Waals surface area (Å²) in [6.45, 7) is 0.688. The predicted octanol–water partition coefficient (Wildman–Crippen LogP) is 2.94. The van der Waals surface area contributed by atoms with E-state index in [1.165, 1.54) is 4.90 Å². The van der Waals surface area contributed by atoms with Crippen molar-refractivity contribution in [3.05, 3.63) is 34.9 Å². The topological polar surface area (TPSA) is 82.5 Å². The van der Waals surface area contributed by atoms with Gasteiger partial charge in [-0.15, -0.1) is 0 Å². The van der Waals surface area contributed by atoms with E-state index in [1.54, 1.807) is 12.3 Å². The first kappa shape index (κ1) is 14.8. The monoisotopic (exact) mass is 363 g/mol. The van der Waals surface area contributed by atoms with Crippen molar-refractivity contribution < 1.29 is 14.7 Å². The lowest BCUT2D eigenvalue weighted by atomic mass is 10.1. The number of anilines is 1. The Morgan fingerprint density at radius 3 is 2.91 bits per heavy atom. The third-order valence-electron chi connectivity index (χ3n) is 3.78. The molecule has 3 rings (SSSR count). The molecule has 1 unspecified atom stereocenters. The molecule has 1 aromatic carbocycles. The summed E-state index contributed by atoms with van der Waals surface area (Å²) >= 11 is 3.46. The van der Waals surface area contributed by atoms with Crippen LogP contribution in [0.2, 0.25) is 0 Å². The number of halogens is 1. The molecule has 0 saturated carbocycles. The summed E-state index contributed by atoms with van der Waals surface area (Å²) in [5.41, 5.74) is 1.31. The second-order valence-corrected chi connectivity index (χ2v) is 6.05. The summed E-state index contributed by atoms with van der Waals surface area (Å²) in [4.78, 5) is 29.1. The van der Waals surface area contributed by atoms with Gasteiger partial charge >= 0.3 is 12.0 Å². The van der Waals surface area contributed by atoms with E-state index in [-0.39, 0.29) is 12.6 Å². The summed E-state index contributed by atoms with van der Waals surface area (Å²) in [7, 11) is 0. The maximum Gasteiger partial charge on any atom is 0.321 e. The number of carboxylic acids is 1. The van der Waals surface area contributed by atoms with Gasteiger partial charge in [0.1, 0.15) is 0 Å². The predicted molar refractivity (Wildman–Crippen MR) is 85.8 cm³/mol. The summed E-state index contributed by atoms with van der Waals surface area (Å²) in [6.07, 6.45) is 2.15. The van der Waals surface area contributed by atoms with Gasteiger partial charge < -0.3 is 15.3 Å². The van der Waals surface area contributed by atoms with Crippen molar-refractivity contribution >= 4 is 44.5 Å². The van der Waals surface area contributed by atoms with Gasteiger partial charge in [-0.2, -0.15) is 0 Å². The van der Waals surface area contributed by atoms with Crippen LogP contribution >= 0.6 is 15.9 Å². The van der Waals surface area contributed by atoms with Crippen LogP contribution in [0.15, 0.2) is 34.9 Å². The number of hydrogen-bond donors (Lipinski definition) is 2. The number of benzene rings is 1. The average molecular weight is 364 g/mol. The minimum absolute atomic E-state index is 0.239. The highest BCUT2D eigenvalue weighted by molar-refractivity contribution is 9.10. The number of amides is 2. The number of carbonyl (C=O) groups excluding carboxylic acids is 1. The second-order valence-electron chi connectivity index (χ2n) is 5.19. The molecular weight excluding hydrogens is 350 g/mol. The Morgan fingerprint density at radius 1 is 1.36 bits per heavy atom. The molecule has 1 aromatic heterocycles. The Labute approximate surface area is 135 Å². The number of likely N-dealkylation sites (tertiary alicyclic amines) is 1. The molecule has 1 aliphatic heterocycles. The fraction of sp³-hybridized carbons (Fsp3) is 0.267. The van der Waals surface area contributed by atoms with Crippen molar-refractivity contribution in [3.63, 3.8) is 0 Å². The SMILES string of the molecule is O=C(O)C1CCN(C(=O)Nc2cccc3c(Br)ccnc23)C1. The quantitative estimate of drug-likeness (QED) is 0.859. The van der Waals surface area contributed by atoms with Gasteiger partial charge in [0.2, 0.25) is 0 Å². The third-order valence-corrected chi connectivity index (χ3v) is 4.48. The van der Waals surface area contributed by atoms with E-state index in [1.807, 2.05) is 18.2 Å². The molecule has 7 heteroatoms. The number of carboxylic acid groups (broad SMARTS) is 1. The van der Waals surface area contributed by atoms with Crippen molar-refractivity contribution in [1.29, 1.82) is 0 Å². The number of nitrogens with zero attached hydrogens (tertiary/aromatic N) is 2. The number of carbonyl (C=O) groups is 2. The summed E-state index contributed by atoms with van der Waals surface area (Å²) in [6, 6.07) is 7.08. The highest BCUT2D eigenvalue weighted by Crippen LogP contribution is 2.28. The van der Waals surface area contributed by atoms with Gasteiger partial charge in [0.05, 0.1) is 17.1 Å². The van der Waals surface area contributed by atoms with Crippen LogP contribution < -0.4 is 5.32 Å². The lowest BCUT2D eigenvalue weighted by molar-refractivity contribution is -0.141. The fourth-order valence-electron chi connectivity index (χ4n) is 2.58. The molecular formula is C15H14BrN3O3. The first-order chi connectivity index (χ1) is 10.6. The summed E-state index contributed by atoms with van der Waals surface area (Å²) in [5, 5.41) is 12.7. The van der Waals surface area contributed by atoms with Gasteiger partial charge in [-0.05, 0) is 18.6 Å². The molecule has 1 atom stereocenters. The van der Waals surface area contributed by atoms with Crippen molar-refractivity contribution in [1.82, 2.24) is 9.88 Å². The number of aliphatic carboxylic acids is 1. The highest BCUT2D eigenvalue weighted by atomic mass is 79.9. The average Bonchev–Trinajstić information content (AvgIpc) is 2.98. The number of nitrogens with one attached hydrogen (secondary N) is 1. The standard InChI is InChI=1S/C15H14BrN3O3/c16-11-4-6-17-13-10(11)2-1-3-12(13)18-15(22)19-7-5-9(8-19)14(20)21/h1-4,6,9H,5,7-8H2,(H,18,22)(H,20,21). The molecule has 0 spiro atoms. The smallest absolute Gasteiger partial charge is 0.321 e. The molecule has 22 heavy (non-hydrogen) atoms. The Hall–Kier alpha value is -2.15. The van der Waals surface area contributed by atoms with Crippen LogP contribution in [0.4, 0.5) is 10.5 Å². The Balaban J connectivity index is 1.81. The first-order valence-corrected chi connectivity index (χ1v) is 7.67. The molecule has 6 nitrogen and oxygen atoms in total. The van der Waals surface area contributed by atoms with Gasteiger partial charge in [-0.25, -0.2) is 4.79 Å². The lowest BCUT2D eigenvalue weighted by Crippen LogP contribution is -2.33. The Bertz CT molecular complexity index is 750. The van der Waals surface area contributed by atoms with Gasteiger partial charge in [0.15, 0.2) is 0 Å². The molecule has 1 fully saturated rings. The van der Waals surface area contributed by atoms with Crippen molar-refractivity contribution in [2.45, 2.75) is 6.42 Å². The number of para-hydroxylation sites is 1. The lowest BCUT2D eigenvalue weighted by Gasteiger charge is -2.17. The molecule has 1 aliphatic rings. The zero-order valence-corrected chi connectivity index (χ0v) is 13.2. The van der Waals surface area contributed by atoms with E-state index in [0.29, 0.717) is 24.2 Å². The summed E-state index contributed by atoms with van der Waals surface area (Å²) in [5.74, 6) is -1.34. The molecule has 0 radical (unpaired) electrons. The minimum atomic E-state index is -0.856. The van der Waals surface area contributed by atoms with E-state index < -0.39 is 11.9 Å². The van der Waals surface area contributed by atoms with E-state index in [0.717, 1.165) is 9.86 Å². The molecule has 2 amide bonds.